The number of aryl methyl sites for hydroxylation is 2. The zero-order valence-electron chi connectivity index (χ0n) is 12.7. The maximum Gasteiger partial charge on any atom is 0.330 e. The molecule has 0 N–H and O–H groups in total. The Kier molecular flexibility index (Phi) is 7.23. The molecule has 0 spiro atoms. The fourth-order valence-electron chi connectivity index (χ4n) is 1.99. The van der Waals surface area contributed by atoms with E-state index in [1.165, 1.54) is 0 Å². The summed E-state index contributed by atoms with van der Waals surface area (Å²) in [5, 5.41) is 0. The van der Waals surface area contributed by atoms with E-state index >= 15 is 0 Å². The second-order valence-corrected chi connectivity index (χ2v) is 4.99. The van der Waals surface area contributed by atoms with Gasteiger partial charge in [0.05, 0.1) is 6.61 Å². The molecule has 0 atom stereocenters. The first-order valence-electron chi connectivity index (χ1n) is 7.03. The Morgan fingerprint density at radius 2 is 1.76 bits per heavy atom. The summed E-state index contributed by atoms with van der Waals surface area (Å²) in [5.41, 5.74) is 3.32. The predicted molar refractivity (Wildman–Crippen MR) is 80.7 cm³/mol. The largest absolute Gasteiger partial charge is 0.463 e. The molecule has 0 aromatic heterocycles. The molecule has 0 fully saturated rings. The van der Waals surface area contributed by atoms with Gasteiger partial charge < -0.3 is 9.47 Å². The van der Waals surface area contributed by atoms with Crippen LogP contribution in [0.15, 0.2) is 30.9 Å². The molecule has 0 amide bonds. The van der Waals surface area contributed by atoms with Crippen molar-refractivity contribution in [1.82, 2.24) is 0 Å². The highest BCUT2D eigenvalue weighted by atomic mass is 16.5. The van der Waals surface area contributed by atoms with Crippen LogP contribution in [0.2, 0.25) is 0 Å². The van der Waals surface area contributed by atoms with E-state index in [1.807, 2.05) is 26.0 Å². The van der Waals surface area contributed by atoms with Gasteiger partial charge in [0, 0.05) is 12.5 Å². The van der Waals surface area contributed by atoms with Crippen LogP contribution in [0.5, 0.6) is 0 Å². The average molecular weight is 290 g/mol. The lowest BCUT2D eigenvalue weighted by molar-refractivity contribution is -0.145. The molecule has 0 aliphatic carbocycles. The van der Waals surface area contributed by atoms with Gasteiger partial charge in [-0.2, -0.15) is 0 Å². The van der Waals surface area contributed by atoms with Crippen LogP contribution in [0.3, 0.4) is 0 Å². The Morgan fingerprint density at radius 3 is 2.38 bits per heavy atom. The molecule has 4 nitrogen and oxygen atoms in total. The van der Waals surface area contributed by atoms with Gasteiger partial charge >= 0.3 is 11.9 Å². The fraction of sp³-hybridized carbons (Fsp3) is 0.412. The summed E-state index contributed by atoms with van der Waals surface area (Å²) in [5.74, 6) is -0.670. The highest BCUT2D eigenvalue weighted by Crippen LogP contribution is 2.10. The first-order valence-corrected chi connectivity index (χ1v) is 7.03. The van der Waals surface area contributed by atoms with E-state index in [4.69, 9.17) is 9.47 Å². The van der Waals surface area contributed by atoms with E-state index in [1.54, 1.807) is 0 Å². The van der Waals surface area contributed by atoms with Crippen LogP contribution in [-0.2, 0) is 25.7 Å². The Labute approximate surface area is 125 Å². The Bertz CT molecular complexity index is 485. The number of hydrogen-bond acceptors (Lipinski definition) is 4. The van der Waals surface area contributed by atoms with Crippen LogP contribution in [0.1, 0.15) is 36.0 Å². The lowest BCUT2D eigenvalue weighted by atomic mass is 10.1. The third-order valence-corrected chi connectivity index (χ3v) is 2.87. The molecular formula is C17H22O4. The molecule has 0 unspecified atom stereocenters. The van der Waals surface area contributed by atoms with Gasteiger partial charge in [-0.3, -0.25) is 4.79 Å². The number of unbranched alkanes of at least 4 members (excludes halogenated alkanes) is 1. The molecule has 114 valence electrons. The summed E-state index contributed by atoms with van der Waals surface area (Å²) in [4.78, 5) is 22.4. The number of rotatable bonds is 8. The van der Waals surface area contributed by atoms with Crippen LogP contribution >= 0.6 is 0 Å². The van der Waals surface area contributed by atoms with E-state index < -0.39 is 5.97 Å². The van der Waals surface area contributed by atoms with Crippen molar-refractivity contribution in [2.24, 2.45) is 0 Å². The van der Waals surface area contributed by atoms with Crippen molar-refractivity contribution in [3.8, 4) is 0 Å². The molecule has 0 saturated heterocycles. The highest BCUT2D eigenvalue weighted by Gasteiger charge is 2.05. The van der Waals surface area contributed by atoms with Gasteiger partial charge in [-0.25, -0.2) is 4.79 Å². The van der Waals surface area contributed by atoms with Crippen LogP contribution in [0.25, 0.3) is 0 Å². The molecule has 0 saturated carbocycles. The van der Waals surface area contributed by atoms with Gasteiger partial charge in [0.1, 0.15) is 6.61 Å². The smallest absolute Gasteiger partial charge is 0.330 e. The molecule has 1 aromatic rings. The molecule has 1 aromatic carbocycles. The third kappa shape index (κ3) is 7.30. The van der Waals surface area contributed by atoms with Crippen molar-refractivity contribution in [1.29, 1.82) is 0 Å². The summed E-state index contributed by atoms with van der Waals surface area (Å²) >= 11 is 0. The Balaban J connectivity index is 2.19. The minimum atomic E-state index is -0.438. The number of carbonyl (C=O) groups excluding carboxylic acids is 2. The molecule has 0 heterocycles. The van der Waals surface area contributed by atoms with Crippen LogP contribution in [0.4, 0.5) is 0 Å². The second-order valence-electron chi connectivity index (χ2n) is 4.99. The lowest BCUT2D eigenvalue weighted by Gasteiger charge is -2.07. The van der Waals surface area contributed by atoms with Crippen LogP contribution in [-0.4, -0.2) is 18.5 Å². The fourth-order valence-corrected chi connectivity index (χ4v) is 1.99. The monoisotopic (exact) mass is 290 g/mol. The Hall–Kier alpha value is -2.10. The zero-order chi connectivity index (χ0) is 15.7. The van der Waals surface area contributed by atoms with E-state index in [9.17, 15) is 9.59 Å². The summed E-state index contributed by atoms with van der Waals surface area (Å²) in [6, 6.07) is 6.10. The van der Waals surface area contributed by atoms with Crippen LogP contribution in [0, 0.1) is 13.8 Å². The molecule has 0 aliphatic heterocycles. The van der Waals surface area contributed by atoms with Crippen molar-refractivity contribution in [3.63, 3.8) is 0 Å². The minimum absolute atomic E-state index is 0.232. The van der Waals surface area contributed by atoms with Crippen molar-refractivity contribution < 1.29 is 19.1 Å². The van der Waals surface area contributed by atoms with Gasteiger partial charge in [0.15, 0.2) is 0 Å². The molecule has 0 radical (unpaired) electrons. The topological polar surface area (TPSA) is 52.6 Å². The summed E-state index contributed by atoms with van der Waals surface area (Å²) in [6.45, 7) is 7.94. The zero-order valence-corrected chi connectivity index (χ0v) is 12.7. The maximum absolute atomic E-state index is 11.6. The third-order valence-electron chi connectivity index (χ3n) is 2.87. The van der Waals surface area contributed by atoms with Crippen molar-refractivity contribution in [2.45, 2.75) is 39.7 Å². The number of hydrogen-bond donors (Lipinski definition) is 0. The normalized spacial score (nSPS) is 10.0. The molecular weight excluding hydrogens is 268 g/mol. The van der Waals surface area contributed by atoms with E-state index in [-0.39, 0.29) is 5.97 Å². The molecule has 4 heteroatoms. The molecule has 21 heavy (non-hydrogen) atoms. The maximum atomic E-state index is 11.6. The number of benzene rings is 1. The number of esters is 2. The SMILES string of the molecule is C=CC(=O)OCCCCC(=O)OCc1cc(C)cc(C)c1. The van der Waals surface area contributed by atoms with Gasteiger partial charge in [-0.1, -0.05) is 35.9 Å². The average Bonchev–Trinajstić information content (AvgIpc) is 2.43. The van der Waals surface area contributed by atoms with E-state index in [0.29, 0.717) is 32.5 Å². The summed E-state index contributed by atoms with van der Waals surface area (Å²) < 4.78 is 10.0. The lowest BCUT2D eigenvalue weighted by Crippen LogP contribution is -2.06. The summed E-state index contributed by atoms with van der Waals surface area (Å²) in [7, 11) is 0. The standard InChI is InChI=1S/C17H22O4/c1-4-16(18)20-8-6-5-7-17(19)21-12-15-10-13(2)9-14(3)11-15/h4,9-11H,1,5-8,12H2,2-3H3. The summed E-state index contributed by atoms with van der Waals surface area (Å²) in [6.07, 6.45) is 2.73. The first kappa shape index (κ1) is 17.0. The Morgan fingerprint density at radius 1 is 1.10 bits per heavy atom. The number of carbonyl (C=O) groups is 2. The van der Waals surface area contributed by atoms with E-state index in [0.717, 1.165) is 22.8 Å². The van der Waals surface area contributed by atoms with Gasteiger partial charge in [0.2, 0.25) is 0 Å². The quantitative estimate of drug-likeness (QED) is 0.419. The van der Waals surface area contributed by atoms with Crippen LogP contribution < -0.4 is 0 Å². The van der Waals surface area contributed by atoms with Crippen molar-refractivity contribution >= 4 is 11.9 Å². The van der Waals surface area contributed by atoms with Gasteiger partial charge in [-0.15, -0.1) is 0 Å². The number of ether oxygens (including phenoxy) is 2. The molecule has 0 aliphatic rings. The van der Waals surface area contributed by atoms with Crippen molar-refractivity contribution in [2.75, 3.05) is 6.61 Å². The molecule has 0 bridgehead atoms. The van der Waals surface area contributed by atoms with Gasteiger partial charge in [-0.05, 0) is 32.3 Å². The van der Waals surface area contributed by atoms with Crippen molar-refractivity contribution in [3.05, 3.63) is 47.5 Å². The van der Waals surface area contributed by atoms with Gasteiger partial charge in [0.25, 0.3) is 0 Å². The highest BCUT2D eigenvalue weighted by molar-refractivity contribution is 5.81. The predicted octanol–water partition coefficient (Wildman–Crippen LogP) is 3.25. The molecule has 1 rings (SSSR count). The first-order chi connectivity index (χ1) is 10.0. The second kappa shape index (κ2) is 8.95. The van der Waals surface area contributed by atoms with E-state index in [2.05, 4.69) is 12.6 Å². The minimum Gasteiger partial charge on any atom is -0.463 e.